The predicted octanol–water partition coefficient (Wildman–Crippen LogP) is 2.19. The molecule has 2 saturated heterocycles. The van der Waals surface area contributed by atoms with E-state index < -0.39 is 0 Å². The molecule has 0 bridgehead atoms. The lowest BCUT2D eigenvalue weighted by Gasteiger charge is -2.37. The maximum atomic E-state index is 11.4. The lowest BCUT2D eigenvalue weighted by Crippen LogP contribution is -2.44. The molecular weight excluding hydrogens is 272 g/mol. The van der Waals surface area contributed by atoms with E-state index in [4.69, 9.17) is 14.2 Å². The van der Waals surface area contributed by atoms with Gasteiger partial charge in [-0.25, -0.2) is 4.79 Å². The molecule has 0 aliphatic carbocycles. The Morgan fingerprint density at radius 3 is 2.76 bits per heavy atom. The molecule has 2 unspecified atom stereocenters. The number of carbonyl (C=O) groups excluding carboxylic acids is 1. The number of methoxy groups -OCH3 is 1. The number of esters is 1. The first kappa shape index (κ1) is 14.4. The van der Waals surface area contributed by atoms with Crippen LogP contribution in [0.2, 0.25) is 0 Å². The van der Waals surface area contributed by atoms with Crippen molar-refractivity contribution in [2.75, 3.05) is 26.9 Å². The Kier molecular flexibility index (Phi) is 4.12. The van der Waals surface area contributed by atoms with Gasteiger partial charge in [-0.15, -0.1) is 0 Å². The van der Waals surface area contributed by atoms with Crippen LogP contribution < -0.4 is 4.74 Å². The van der Waals surface area contributed by atoms with Gasteiger partial charge in [0.15, 0.2) is 0 Å². The molecule has 2 aliphatic heterocycles. The molecule has 0 aromatic heterocycles. The Bertz CT molecular complexity index is 490. The lowest BCUT2D eigenvalue weighted by molar-refractivity contribution is -0.112. The summed E-state index contributed by atoms with van der Waals surface area (Å²) >= 11 is 0. The zero-order valence-corrected chi connectivity index (χ0v) is 12.2. The molecule has 3 rings (SSSR count). The van der Waals surface area contributed by atoms with Crippen molar-refractivity contribution in [3.8, 4) is 5.75 Å². The third-order valence-electron chi connectivity index (χ3n) is 4.09. The quantitative estimate of drug-likeness (QED) is 0.799. The molecule has 21 heavy (non-hydrogen) atoms. The van der Waals surface area contributed by atoms with Gasteiger partial charge in [0.05, 0.1) is 31.5 Å². The molecule has 114 valence electrons. The van der Waals surface area contributed by atoms with Gasteiger partial charge in [0.25, 0.3) is 0 Å². The second kappa shape index (κ2) is 6.03. The van der Waals surface area contributed by atoms with Crippen LogP contribution >= 0.6 is 0 Å². The normalized spacial score (nSPS) is 28.5. The molecule has 2 fully saturated rings. The van der Waals surface area contributed by atoms with Crippen molar-refractivity contribution in [1.82, 2.24) is 0 Å². The van der Waals surface area contributed by atoms with E-state index in [0.717, 1.165) is 31.6 Å². The fourth-order valence-corrected chi connectivity index (χ4v) is 2.93. The Labute approximate surface area is 124 Å². The van der Waals surface area contributed by atoms with Crippen molar-refractivity contribution in [3.05, 3.63) is 29.8 Å². The number of hydrogen-bond donors (Lipinski definition) is 0. The van der Waals surface area contributed by atoms with Crippen LogP contribution in [0, 0.1) is 0 Å². The van der Waals surface area contributed by atoms with Crippen LogP contribution in [0.4, 0.5) is 0 Å². The van der Waals surface area contributed by atoms with Gasteiger partial charge < -0.3 is 18.9 Å². The number of rotatable bonds is 3. The Balaban J connectivity index is 1.62. The van der Waals surface area contributed by atoms with Gasteiger partial charge in [-0.3, -0.25) is 0 Å². The van der Waals surface area contributed by atoms with E-state index in [1.807, 2.05) is 0 Å². The summed E-state index contributed by atoms with van der Waals surface area (Å²) in [4.78, 5) is 11.4. The Morgan fingerprint density at radius 2 is 2.10 bits per heavy atom. The second-order valence-corrected chi connectivity index (χ2v) is 5.58. The predicted molar refractivity (Wildman–Crippen MR) is 75.6 cm³/mol. The molecule has 0 radical (unpaired) electrons. The molecule has 5 heteroatoms. The van der Waals surface area contributed by atoms with Crippen LogP contribution in [0.15, 0.2) is 24.3 Å². The minimum Gasteiger partial charge on any atom is -0.490 e. The van der Waals surface area contributed by atoms with Crippen molar-refractivity contribution in [3.63, 3.8) is 0 Å². The first-order valence-corrected chi connectivity index (χ1v) is 7.27. The molecule has 0 N–H and O–H groups in total. The second-order valence-electron chi connectivity index (χ2n) is 5.58. The van der Waals surface area contributed by atoms with E-state index in [-0.39, 0.29) is 17.7 Å². The maximum absolute atomic E-state index is 11.4. The highest BCUT2D eigenvalue weighted by atomic mass is 16.6. The van der Waals surface area contributed by atoms with E-state index in [2.05, 4.69) is 4.74 Å². The van der Waals surface area contributed by atoms with Gasteiger partial charge in [0.2, 0.25) is 0 Å². The first-order valence-electron chi connectivity index (χ1n) is 7.27. The van der Waals surface area contributed by atoms with Gasteiger partial charge >= 0.3 is 5.97 Å². The zero-order valence-electron chi connectivity index (χ0n) is 12.2. The van der Waals surface area contributed by atoms with Crippen LogP contribution in [0.25, 0.3) is 0 Å². The summed E-state index contributed by atoms with van der Waals surface area (Å²) in [7, 11) is 1.37. The third kappa shape index (κ3) is 3.19. The van der Waals surface area contributed by atoms with Crippen LogP contribution in [-0.4, -0.2) is 44.6 Å². The third-order valence-corrected chi connectivity index (χ3v) is 4.09. The van der Waals surface area contributed by atoms with Gasteiger partial charge in [0.1, 0.15) is 11.9 Å². The van der Waals surface area contributed by atoms with E-state index in [1.54, 1.807) is 24.3 Å². The standard InChI is InChI=1S/C16H20O5/c1-18-15(17)12-2-4-13(5-3-12)21-14-6-8-20-16(10-14)7-9-19-11-16/h2-5,14H,6-11H2,1H3. The van der Waals surface area contributed by atoms with Gasteiger partial charge in [-0.05, 0) is 24.3 Å². The summed E-state index contributed by atoms with van der Waals surface area (Å²) in [6, 6.07) is 7.04. The molecule has 2 aliphatic rings. The summed E-state index contributed by atoms with van der Waals surface area (Å²) < 4.78 is 22.1. The van der Waals surface area contributed by atoms with E-state index in [1.165, 1.54) is 7.11 Å². The van der Waals surface area contributed by atoms with E-state index in [9.17, 15) is 4.79 Å². The molecule has 1 spiro atoms. The lowest BCUT2D eigenvalue weighted by atomic mass is 9.91. The summed E-state index contributed by atoms with van der Waals surface area (Å²) in [5.41, 5.74) is 0.368. The number of carbonyl (C=O) groups is 1. The van der Waals surface area contributed by atoms with Crippen LogP contribution in [0.3, 0.4) is 0 Å². The van der Waals surface area contributed by atoms with E-state index in [0.29, 0.717) is 18.8 Å². The number of ether oxygens (including phenoxy) is 4. The van der Waals surface area contributed by atoms with E-state index >= 15 is 0 Å². The molecule has 0 amide bonds. The average Bonchev–Trinajstić information content (AvgIpc) is 2.95. The molecular formula is C16H20O5. The molecule has 0 saturated carbocycles. The summed E-state index contributed by atoms with van der Waals surface area (Å²) in [5, 5.41) is 0. The van der Waals surface area contributed by atoms with Gasteiger partial charge in [0, 0.05) is 25.9 Å². The van der Waals surface area contributed by atoms with Gasteiger partial charge in [-0.1, -0.05) is 0 Å². The molecule has 1 aromatic carbocycles. The average molecular weight is 292 g/mol. The monoisotopic (exact) mass is 292 g/mol. The highest BCUT2D eigenvalue weighted by Crippen LogP contribution is 2.34. The van der Waals surface area contributed by atoms with Crippen molar-refractivity contribution in [2.45, 2.75) is 31.0 Å². The van der Waals surface area contributed by atoms with Crippen molar-refractivity contribution < 1.29 is 23.7 Å². The molecule has 5 nitrogen and oxygen atoms in total. The first-order chi connectivity index (χ1) is 10.2. The van der Waals surface area contributed by atoms with Crippen LogP contribution in [0.5, 0.6) is 5.75 Å². The van der Waals surface area contributed by atoms with Crippen molar-refractivity contribution in [2.24, 2.45) is 0 Å². The van der Waals surface area contributed by atoms with Crippen molar-refractivity contribution >= 4 is 5.97 Å². The van der Waals surface area contributed by atoms with Crippen LogP contribution in [-0.2, 0) is 14.2 Å². The largest absolute Gasteiger partial charge is 0.490 e. The Morgan fingerprint density at radius 1 is 1.29 bits per heavy atom. The Hall–Kier alpha value is -1.59. The highest BCUT2D eigenvalue weighted by molar-refractivity contribution is 5.89. The molecule has 2 atom stereocenters. The van der Waals surface area contributed by atoms with Gasteiger partial charge in [-0.2, -0.15) is 0 Å². The topological polar surface area (TPSA) is 54.0 Å². The minimum atomic E-state index is -0.338. The maximum Gasteiger partial charge on any atom is 0.337 e. The van der Waals surface area contributed by atoms with Crippen LogP contribution in [0.1, 0.15) is 29.6 Å². The fourth-order valence-electron chi connectivity index (χ4n) is 2.93. The molecule has 2 heterocycles. The summed E-state index contributed by atoms with van der Waals surface area (Å²) in [6.07, 6.45) is 2.80. The fraction of sp³-hybridized carbons (Fsp3) is 0.562. The summed E-state index contributed by atoms with van der Waals surface area (Å²) in [6.45, 7) is 2.13. The smallest absolute Gasteiger partial charge is 0.337 e. The zero-order chi connectivity index (χ0) is 14.7. The summed E-state index contributed by atoms with van der Waals surface area (Å²) in [5.74, 6) is 0.429. The number of benzene rings is 1. The SMILES string of the molecule is COC(=O)c1ccc(OC2CCOC3(CCOC3)C2)cc1. The minimum absolute atomic E-state index is 0.129. The molecule has 1 aromatic rings. The highest BCUT2D eigenvalue weighted by Gasteiger charge is 2.41. The van der Waals surface area contributed by atoms with Crippen molar-refractivity contribution in [1.29, 1.82) is 0 Å². The number of hydrogen-bond acceptors (Lipinski definition) is 5.